The van der Waals surface area contributed by atoms with E-state index in [4.69, 9.17) is 37.0 Å². The number of carbonyl (C=O) groups is 4. The molecule has 19 heteroatoms. The summed E-state index contributed by atoms with van der Waals surface area (Å²) in [5.41, 5.74) is 0. The Bertz CT molecular complexity index is 1780. The molecular weight excluding hydrogens is 1190 g/mol. The molecule has 0 rings (SSSR count). The number of ether oxygens (including phenoxy) is 4. The number of unbranched alkanes of at least 4 members (excludes halogenated alkanes) is 33. The Balaban J connectivity index is 5.23. The first-order valence-corrected chi connectivity index (χ1v) is 39.7. The lowest BCUT2D eigenvalue weighted by atomic mass is 10.00. The Kier molecular flexibility index (Phi) is 59.4. The highest BCUT2D eigenvalue weighted by atomic mass is 31.2. The summed E-state index contributed by atoms with van der Waals surface area (Å²) in [6.07, 6.45) is 43.2. The van der Waals surface area contributed by atoms with Gasteiger partial charge in [0.05, 0.1) is 26.4 Å². The van der Waals surface area contributed by atoms with Crippen LogP contribution >= 0.6 is 15.6 Å². The first-order valence-electron chi connectivity index (χ1n) is 36.7. The number of rotatable bonds is 68. The van der Waals surface area contributed by atoms with E-state index in [2.05, 4.69) is 55.4 Å². The van der Waals surface area contributed by atoms with Gasteiger partial charge in [-0.1, -0.05) is 299 Å². The molecule has 0 saturated carbocycles. The molecule has 3 N–H and O–H groups in total. The molecule has 6 atom stereocenters. The summed E-state index contributed by atoms with van der Waals surface area (Å²) in [7, 11) is -9.90. The third-order valence-corrected chi connectivity index (χ3v) is 18.6. The Hall–Kier alpha value is -1.94. The zero-order chi connectivity index (χ0) is 66.8. The number of esters is 4. The van der Waals surface area contributed by atoms with E-state index in [1.165, 1.54) is 148 Å². The number of hydrogen-bond acceptors (Lipinski definition) is 15. The molecule has 0 aliphatic rings. The molecule has 0 saturated heterocycles. The molecule has 0 aromatic heterocycles. The third-order valence-electron chi connectivity index (χ3n) is 16.7. The highest BCUT2D eigenvalue weighted by Gasteiger charge is 2.30. The van der Waals surface area contributed by atoms with Gasteiger partial charge in [-0.3, -0.25) is 37.3 Å². The van der Waals surface area contributed by atoms with Crippen molar-refractivity contribution in [3.8, 4) is 0 Å². The largest absolute Gasteiger partial charge is 0.472 e. The maximum absolute atomic E-state index is 13.0. The Labute approximate surface area is 549 Å². The third kappa shape index (κ3) is 63.5. The van der Waals surface area contributed by atoms with E-state index in [9.17, 15) is 43.2 Å². The molecule has 90 heavy (non-hydrogen) atoms. The smallest absolute Gasteiger partial charge is 0.462 e. The van der Waals surface area contributed by atoms with E-state index in [1.807, 2.05) is 0 Å². The number of phosphoric acid groups is 2. The van der Waals surface area contributed by atoms with Crippen molar-refractivity contribution in [3.05, 3.63) is 0 Å². The minimum absolute atomic E-state index is 0.102. The van der Waals surface area contributed by atoms with Crippen LogP contribution in [0.4, 0.5) is 0 Å². The van der Waals surface area contributed by atoms with Crippen molar-refractivity contribution >= 4 is 39.5 Å². The molecule has 0 spiro atoms. The molecule has 0 amide bonds. The van der Waals surface area contributed by atoms with E-state index >= 15 is 0 Å². The van der Waals surface area contributed by atoms with Crippen LogP contribution < -0.4 is 0 Å². The van der Waals surface area contributed by atoms with E-state index in [1.54, 1.807) is 0 Å². The predicted molar refractivity (Wildman–Crippen MR) is 363 cm³/mol. The fraction of sp³-hybridized carbons (Fsp3) is 0.944. The van der Waals surface area contributed by atoms with Crippen LogP contribution in [0.1, 0.15) is 351 Å². The van der Waals surface area contributed by atoms with Crippen molar-refractivity contribution in [1.29, 1.82) is 0 Å². The lowest BCUT2D eigenvalue weighted by Gasteiger charge is -2.21. The van der Waals surface area contributed by atoms with Gasteiger partial charge in [0.15, 0.2) is 12.2 Å². The van der Waals surface area contributed by atoms with Gasteiger partial charge in [-0.2, -0.15) is 0 Å². The first-order chi connectivity index (χ1) is 43.1. The van der Waals surface area contributed by atoms with Gasteiger partial charge in [-0.25, -0.2) is 9.13 Å². The molecule has 0 aliphatic carbocycles. The van der Waals surface area contributed by atoms with Crippen LogP contribution in [-0.2, 0) is 65.4 Å². The molecule has 0 heterocycles. The normalized spacial score (nSPS) is 14.6. The molecule has 0 bridgehead atoms. The Morgan fingerprint density at radius 3 is 0.789 bits per heavy atom. The van der Waals surface area contributed by atoms with Gasteiger partial charge in [0, 0.05) is 25.7 Å². The molecule has 0 aliphatic heterocycles. The molecule has 0 aromatic carbocycles. The van der Waals surface area contributed by atoms with Gasteiger partial charge in [-0.15, -0.1) is 0 Å². The van der Waals surface area contributed by atoms with Gasteiger partial charge in [0.1, 0.15) is 19.3 Å². The van der Waals surface area contributed by atoms with Crippen molar-refractivity contribution in [2.45, 2.75) is 369 Å². The van der Waals surface area contributed by atoms with Gasteiger partial charge in [0.25, 0.3) is 0 Å². The highest BCUT2D eigenvalue weighted by Crippen LogP contribution is 2.45. The summed E-state index contributed by atoms with van der Waals surface area (Å²) < 4.78 is 68.3. The van der Waals surface area contributed by atoms with E-state index < -0.39 is 97.5 Å². The summed E-state index contributed by atoms with van der Waals surface area (Å²) in [6, 6.07) is 0. The molecule has 0 fully saturated rings. The van der Waals surface area contributed by atoms with E-state index in [0.29, 0.717) is 31.6 Å². The monoisotopic (exact) mass is 1320 g/mol. The van der Waals surface area contributed by atoms with Crippen LogP contribution in [0.5, 0.6) is 0 Å². The van der Waals surface area contributed by atoms with Crippen LogP contribution in [0.3, 0.4) is 0 Å². The molecule has 17 nitrogen and oxygen atoms in total. The number of hydrogen-bond donors (Lipinski definition) is 3. The second-order valence-electron chi connectivity index (χ2n) is 27.3. The molecular formula is C71H138O17P2. The molecule has 0 radical (unpaired) electrons. The number of phosphoric ester groups is 2. The summed E-state index contributed by atoms with van der Waals surface area (Å²) in [6.45, 7) is 14.1. The van der Waals surface area contributed by atoms with Crippen LogP contribution in [-0.4, -0.2) is 96.7 Å². The second kappa shape index (κ2) is 60.7. The fourth-order valence-corrected chi connectivity index (χ4v) is 12.2. The number of aliphatic hydroxyl groups is 1. The van der Waals surface area contributed by atoms with Crippen molar-refractivity contribution in [1.82, 2.24) is 0 Å². The SMILES string of the molecule is CCC(C)CCCCCCCCC(=O)O[C@H](COC(=O)CCCCCCCCCCCCCC(C)C)COP(=O)(O)OCC(O)COP(=O)(O)OC[C@@H](COC(=O)CCCCCCCCCC(C)C)OC(=O)CCCCCCCCCCCCCCCC(C)C. The quantitative estimate of drug-likeness (QED) is 0.0222. The maximum Gasteiger partial charge on any atom is 0.472 e. The summed E-state index contributed by atoms with van der Waals surface area (Å²) in [5.74, 6) is 0.852. The predicted octanol–water partition coefficient (Wildman–Crippen LogP) is 20.1. The van der Waals surface area contributed by atoms with Crippen LogP contribution in [0, 0.1) is 23.7 Å². The van der Waals surface area contributed by atoms with Gasteiger partial charge in [0.2, 0.25) is 0 Å². The second-order valence-corrected chi connectivity index (χ2v) is 30.2. The molecule has 0 aromatic rings. The lowest BCUT2D eigenvalue weighted by molar-refractivity contribution is -0.161. The first kappa shape index (κ1) is 88.1. The van der Waals surface area contributed by atoms with E-state index in [0.717, 1.165) is 114 Å². The number of carbonyl (C=O) groups excluding carboxylic acids is 4. The zero-order valence-electron chi connectivity index (χ0n) is 58.8. The van der Waals surface area contributed by atoms with Crippen molar-refractivity contribution < 1.29 is 80.2 Å². The van der Waals surface area contributed by atoms with Crippen molar-refractivity contribution in [2.75, 3.05) is 39.6 Å². The van der Waals surface area contributed by atoms with Crippen LogP contribution in [0.2, 0.25) is 0 Å². The summed E-state index contributed by atoms with van der Waals surface area (Å²) in [5, 5.41) is 10.6. The number of aliphatic hydroxyl groups excluding tert-OH is 1. The standard InChI is InChI=1S/C71H138O17P2/c1-9-64(8)50-42-34-29-30-38-46-54-71(76)88-67(58-81-68(73)51-43-35-26-20-17-13-15-19-24-32-40-48-62(4)5)60-86-90(79,80)84-56-65(72)55-83-89(77,78)85-59-66(57-82-69(74)52-44-36-28-22-25-33-41-49-63(6)7)87-70(75)53-45-37-27-21-16-12-10-11-14-18-23-31-39-47-61(2)3/h61-67,72H,9-60H2,1-8H3,(H,77,78)(H,79,80)/t64?,65?,66-,67-/m1/s1. The molecule has 4 unspecified atom stereocenters. The average molecular weight is 1330 g/mol. The Morgan fingerprint density at radius 2 is 0.533 bits per heavy atom. The summed E-state index contributed by atoms with van der Waals surface area (Å²) >= 11 is 0. The molecule has 534 valence electrons. The van der Waals surface area contributed by atoms with Gasteiger partial charge in [-0.05, 0) is 49.4 Å². The Morgan fingerprint density at radius 1 is 0.311 bits per heavy atom. The zero-order valence-corrected chi connectivity index (χ0v) is 60.6. The van der Waals surface area contributed by atoms with Crippen LogP contribution in [0.15, 0.2) is 0 Å². The van der Waals surface area contributed by atoms with Gasteiger partial charge >= 0.3 is 39.5 Å². The van der Waals surface area contributed by atoms with Gasteiger partial charge < -0.3 is 33.8 Å². The van der Waals surface area contributed by atoms with Crippen LogP contribution in [0.25, 0.3) is 0 Å². The van der Waals surface area contributed by atoms with Crippen molar-refractivity contribution in [2.24, 2.45) is 23.7 Å². The maximum atomic E-state index is 13.0. The average Bonchev–Trinajstić information content (AvgIpc) is 3.40. The topological polar surface area (TPSA) is 237 Å². The highest BCUT2D eigenvalue weighted by molar-refractivity contribution is 7.47. The van der Waals surface area contributed by atoms with Crippen molar-refractivity contribution in [3.63, 3.8) is 0 Å². The minimum Gasteiger partial charge on any atom is -0.462 e. The van der Waals surface area contributed by atoms with E-state index in [-0.39, 0.29) is 25.7 Å². The fourth-order valence-electron chi connectivity index (χ4n) is 10.6. The summed E-state index contributed by atoms with van der Waals surface area (Å²) in [4.78, 5) is 72.6. The minimum atomic E-state index is -4.95. The lowest BCUT2D eigenvalue weighted by Crippen LogP contribution is -2.30.